The first-order valence-electron chi connectivity index (χ1n) is 7.12. The Kier molecular flexibility index (Phi) is 2.82. The summed E-state index contributed by atoms with van der Waals surface area (Å²) in [6.45, 7) is 1.79. The second-order valence-corrected chi connectivity index (χ2v) is 5.36. The van der Waals surface area contributed by atoms with E-state index in [9.17, 15) is 4.79 Å². The molecule has 0 spiro atoms. The Morgan fingerprint density at radius 1 is 1.14 bits per heavy atom. The SMILES string of the molecule is O=c1[nH]c2ccccc2cc1-c1cnc2c(c1)CNCC2. The molecule has 0 bridgehead atoms. The largest absolute Gasteiger partial charge is 0.321 e. The van der Waals surface area contributed by atoms with Gasteiger partial charge in [-0.25, -0.2) is 0 Å². The molecule has 0 saturated carbocycles. The van der Waals surface area contributed by atoms with E-state index in [1.807, 2.05) is 36.5 Å². The first-order chi connectivity index (χ1) is 10.3. The van der Waals surface area contributed by atoms with Gasteiger partial charge in [0.05, 0.1) is 0 Å². The van der Waals surface area contributed by atoms with Gasteiger partial charge in [-0.05, 0) is 29.1 Å². The number of rotatable bonds is 1. The van der Waals surface area contributed by atoms with Crippen molar-refractivity contribution in [2.45, 2.75) is 13.0 Å². The number of aromatic amines is 1. The van der Waals surface area contributed by atoms with E-state index in [2.05, 4.69) is 21.4 Å². The summed E-state index contributed by atoms with van der Waals surface area (Å²) in [4.78, 5) is 19.8. The lowest BCUT2D eigenvalue weighted by molar-refractivity contribution is 0.630. The van der Waals surface area contributed by atoms with E-state index in [-0.39, 0.29) is 5.56 Å². The number of fused-ring (bicyclic) bond motifs is 2. The predicted molar refractivity (Wildman–Crippen MR) is 83.2 cm³/mol. The summed E-state index contributed by atoms with van der Waals surface area (Å²) in [5.74, 6) is 0. The maximum absolute atomic E-state index is 12.3. The van der Waals surface area contributed by atoms with Crippen molar-refractivity contribution in [2.75, 3.05) is 6.54 Å². The van der Waals surface area contributed by atoms with Crippen molar-refractivity contribution in [3.63, 3.8) is 0 Å². The highest BCUT2D eigenvalue weighted by atomic mass is 16.1. The Labute approximate surface area is 121 Å². The number of nitrogens with one attached hydrogen (secondary N) is 2. The highest BCUT2D eigenvalue weighted by Crippen LogP contribution is 2.22. The van der Waals surface area contributed by atoms with Crippen LogP contribution in [0.3, 0.4) is 0 Å². The van der Waals surface area contributed by atoms with Crippen LogP contribution in [0.5, 0.6) is 0 Å². The highest BCUT2D eigenvalue weighted by molar-refractivity contribution is 5.83. The van der Waals surface area contributed by atoms with Gasteiger partial charge in [-0.15, -0.1) is 0 Å². The third-order valence-electron chi connectivity index (χ3n) is 3.98. The minimum absolute atomic E-state index is 0.0702. The maximum atomic E-state index is 12.3. The Balaban J connectivity index is 1.89. The van der Waals surface area contributed by atoms with Crippen molar-refractivity contribution in [1.82, 2.24) is 15.3 Å². The zero-order chi connectivity index (χ0) is 14.2. The first kappa shape index (κ1) is 12.3. The normalized spacial score (nSPS) is 14.1. The molecule has 4 heteroatoms. The molecule has 2 aromatic heterocycles. The lowest BCUT2D eigenvalue weighted by Gasteiger charge is -2.16. The summed E-state index contributed by atoms with van der Waals surface area (Å²) in [5.41, 5.74) is 4.66. The van der Waals surface area contributed by atoms with Crippen LogP contribution in [0.2, 0.25) is 0 Å². The molecule has 3 aromatic rings. The molecule has 1 aliphatic heterocycles. The van der Waals surface area contributed by atoms with E-state index in [0.717, 1.165) is 41.7 Å². The van der Waals surface area contributed by atoms with Gasteiger partial charge < -0.3 is 10.3 Å². The molecule has 21 heavy (non-hydrogen) atoms. The van der Waals surface area contributed by atoms with Crippen LogP contribution in [0.15, 0.2) is 47.4 Å². The molecule has 0 unspecified atom stereocenters. The molecule has 0 radical (unpaired) electrons. The average Bonchev–Trinajstić information content (AvgIpc) is 2.54. The summed E-state index contributed by atoms with van der Waals surface area (Å²) >= 11 is 0. The number of pyridine rings is 2. The fourth-order valence-corrected chi connectivity index (χ4v) is 2.86. The number of hydrogen-bond acceptors (Lipinski definition) is 3. The van der Waals surface area contributed by atoms with E-state index < -0.39 is 0 Å². The first-order valence-corrected chi connectivity index (χ1v) is 7.12. The molecule has 0 saturated heterocycles. The van der Waals surface area contributed by atoms with Crippen molar-refractivity contribution in [3.8, 4) is 11.1 Å². The van der Waals surface area contributed by atoms with Crippen LogP contribution in [0, 0.1) is 0 Å². The van der Waals surface area contributed by atoms with Gasteiger partial charge in [0.15, 0.2) is 0 Å². The zero-order valence-corrected chi connectivity index (χ0v) is 11.5. The van der Waals surface area contributed by atoms with Crippen LogP contribution < -0.4 is 10.9 Å². The van der Waals surface area contributed by atoms with E-state index >= 15 is 0 Å². The molecule has 4 rings (SSSR count). The fraction of sp³-hybridized carbons (Fsp3) is 0.176. The number of para-hydroxylation sites is 1. The van der Waals surface area contributed by atoms with Gasteiger partial charge >= 0.3 is 0 Å². The van der Waals surface area contributed by atoms with Gasteiger partial charge in [0, 0.05) is 48.0 Å². The lowest BCUT2D eigenvalue weighted by Crippen LogP contribution is -2.24. The number of hydrogen-bond donors (Lipinski definition) is 2. The van der Waals surface area contributed by atoms with Crippen LogP contribution in [0.25, 0.3) is 22.0 Å². The summed E-state index contributed by atoms with van der Waals surface area (Å²) in [6.07, 6.45) is 2.76. The molecule has 4 nitrogen and oxygen atoms in total. The van der Waals surface area contributed by atoms with Gasteiger partial charge in [0.25, 0.3) is 5.56 Å². The lowest BCUT2D eigenvalue weighted by atomic mass is 10.0. The topological polar surface area (TPSA) is 57.8 Å². The van der Waals surface area contributed by atoms with E-state index in [1.165, 1.54) is 5.56 Å². The van der Waals surface area contributed by atoms with Gasteiger partial charge in [0.1, 0.15) is 0 Å². The Morgan fingerprint density at radius 2 is 2.05 bits per heavy atom. The predicted octanol–water partition coefficient (Wildman–Crippen LogP) is 2.24. The molecule has 0 amide bonds. The quantitative estimate of drug-likeness (QED) is 0.717. The number of H-pyrrole nitrogens is 1. The number of aromatic nitrogens is 2. The van der Waals surface area contributed by atoms with Crippen LogP contribution in [-0.4, -0.2) is 16.5 Å². The molecule has 2 N–H and O–H groups in total. The monoisotopic (exact) mass is 277 g/mol. The molecular weight excluding hydrogens is 262 g/mol. The minimum Gasteiger partial charge on any atom is -0.321 e. The fourth-order valence-electron chi connectivity index (χ4n) is 2.86. The Hall–Kier alpha value is -2.46. The molecule has 1 aromatic carbocycles. The van der Waals surface area contributed by atoms with Crippen molar-refractivity contribution < 1.29 is 0 Å². The summed E-state index contributed by atoms with van der Waals surface area (Å²) in [7, 11) is 0. The molecule has 0 fully saturated rings. The van der Waals surface area contributed by atoms with E-state index in [0.29, 0.717) is 5.56 Å². The third kappa shape index (κ3) is 2.14. The summed E-state index contributed by atoms with van der Waals surface area (Å²) in [5, 5.41) is 4.37. The summed E-state index contributed by atoms with van der Waals surface area (Å²) in [6, 6.07) is 11.8. The van der Waals surface area contributed by atoms with Crippen LogP contribution >= 0.6 is 0 Å². The van der Waals surface area contributed by atoms with Crippen molar-refractivity contribution in [2.24, 2.45) is 0 Å². The van der Waals surface area contributed by atoms with Crippen molar-refractivity contribution in [3.05, 3.63) is 64.2 Å². The van der Waals surface area contributed by atoms with Gasteiger partial charge in [-0.1, -0.05) is 18.2 Å². The molecular formula is C17H15N3O. The molecule has 0 atom stereocenters. The summed E-state index contributed by atoms with van der Waals surface area (Å²) < 4.78 is 0. The van der Waals surface area contributed by atoms with Crippen LogP contribution in [0.1, 0.15) is 11.3 Å². The van der Waals surface area contributed by atoms with Crippen molar-refractivity contribution >= 4 is 10.9 Å². The smallest absolute Gasteiger partial charge is 0.256 e. The highest BCUT2D eigenvalue weighted by Gasteiger charge is 2.13. The second kappa shape index (κ2) is 4.82. The van der Waals surface area contributed by atoms with Crippen LogP contribution in [-0.2, 0) is 13.0 Å². The second-order valence-electron chi connectivity index (χ2n) is 5.36. The Bertz CT molecular complexity index is 883. The van der Waals surface area contributed by atoms with Gasteiger partial charge in [0.2, 0.25) is 0 Å². The molecule has 1 aliphatic rings. The van der Waals surface area contributed by atoms with Gasteiger partial charge in [-0.2, -0.15) is 0 Å². The van der Waals surface area contributed by atoms with Crippen molar-refractivity contribution in [1.29, 1.82) is 0 Å². The average molecular weight is 277 g/mol. The number of benzene rings is 1. The molecule has 0 aliphatic carbocycles. The zero-order valence-electron chi connectivity index (χ0n) is 11.5. The molecule has 104 valence electrons. The standard InChI is InChI=1S/C17H15N3O/c21-17-14(8-11-3-1-2-4-16(11)20-17)12-7-13-9-18-6-5-15(13)19-10-12/h1-4,7-8,10,18H,5-6,9H2,(H,20,21). The Morgan fingerprint density at radius 3 is 3.00 bits per heavy atom. The van der Waals surface area contributed by atoms with E-state index in [1.54, 1.807) is 0 Å². The maximum Gasteiger partial charge on any atom is 0.256 e. The number of nitrogens with zero attached hydrogens (tertiary/aromatic N) is 1. The third-order valence-corrected chi connectivity index (χ3v) is 3.98. The van der Waals surface area contributed by atoms with E-state index in [4.69, 9.17) is 0 Å². The van der Waals surface area contributed by atoms with Crippen LogP contribution in [0.4, 0.5) is 0 Å². The minimum atomic E-state index is -0.0702. The van der Waals surface area contributed by atoms with Gasteiger partial charge in [-0.3, -0.25) is 9.78 Å². The molecule has 3 heterocycles.